The minimum Gasteiger partial charge on any atom is -0.493 e. The van der Waals surface area contributed by atoms with E-state index in [-0.39, 0.29) is 12.5 Å². The van der Waals surface area contributed by atoms with Crippen molar-refractivity contribution in [2.75, 3.05) is 20.8 Å². The molecule has 0 saturated heterocycles. The molecule has 0 aromatic heterocycles. The maximum Gasteiger partial charge on any atom is 0.255 e. The number of para-hydroxylation sites is 1. The molecule has 1 N–H and O–H groups in total. The SMILES string of the molecule is CCOc1ccccc1C(=O)NCc1cc(OC)c(OC)cc1Cl. The summed E-state index contributed by atoms with van der Waals surface area (Å²) in [6.45, 7) is 2.63. The standard InChI is InChI=1S/C18H20ClNO4/c1-4-24-15-8-6-5-7-13(15)18(21)20-11-12-9-16(22-2)17(23-3)10-14(12)19/h5-10H,4,11H2,1-3H3,(H,20,21). The van der Waals surface area contributed by atoms with Gasteiger partial charge in [0.2, 0.25) is 0 Å². The number of hydrogen-bond donors (Lipinski definition) is 1. The summed E-state index contributed by atoms with van der Waals surface area (Å²) in [5.41, 5.74) is 1.22. The van der Waals surface area contributed by atoms with Crippen LogP contribution in [0.15, 0.2) is 36.4 Å². The van der Waals surface area contributed by atoms with Gasteiger partial charge in [-0.3, -0.25) is 4.79 Å². The average molecular weight is 350 g/mol. The van der Waals surface area contributed by atoms with E-state index < -0.39 is 0 Å². The molecule has 0 aliphatic carbocycles. The zero-order chi connectivity index (χ0) is 17.5. The molecule has 2 rings (SSSR count). The number of rotatable bonds is 7. The topological polar surface area (TPSA) is 56.8 Å². The summed E-state index contributed by atoms with van der Waals surface area (Å²) in [5, 5.41) is 3.34. The number of halogens is 1. The number of carbonyl (C=O) groups is 1. The van der Waals surface area contributed by atoms with Gasteiger partial charge in [0, 0.05) is 17.6 Å². The summed E-state index contributed by atoms with van der Waals surface area (Å²) < 4.78 is 15.9. The average Bonchev–Trinajstić information content (AvgIpc) is 2.60. The van der Waals surface area contributed by atoms with Crippen molar-refractivity contribution in [3.8, 4) is 17.2 Å². The summed E-state index contributed by atoms with van der Waals surface area (Å²) in [4.78, 5) is 12.4. The second-order valence-electron chi connectivity index (χ2n) is 4.91. The molecular formula is C18H20ClNO4. The third kappa shape index (κ3) is 4.11. The number of nitrogens with one attached hydrogen (secondary N) is 1. The van der Waals surface area contributed by atoms with Crippen LogP contribution in [0, 0.1) is 0 Å². The van der Waals surface area contributed by atoms with Crippen LogP contribution >= 0.6 is 11.6 Å². The molecule has 24 heavy (non-hydrogen) atoms. The lowest BCUT2D eigenvalue weighted by Crippen LogP contribution is -2.23. The Balaban J connectivity index is 2.15. The third-order valence-electron chi connectivity index (χ3n) is 3.42. The maximum atomic E-state index is 12.4. The van der Waals surface area contributed by atoms with Crippen LogP contribution in [-0.4, -0.2) is 26.7 Å². The summed E-state index contributed by atoms with van der Waals surface area (Å²) in [7, 11) is 3.09. The van der Waals surface area contributed by atoms with Gasteiger partial charge >= 0.3 is 0 Å². The zero-order valence-corrected chi connectivity index (χ0v) is 14.6. The van der Waals surface area contributed by atoms with Crippen LogP contribution in [0.4, 0.5) is 0 Å². The molecule has 2 aromatic carbocycles. The Kier molecular flexibility index (Phi) is 6.32. The number of benzene rings is 2. The third-order valence-corrected chi connectivity index (χ3v) is 3.78. The molecule has 128 valence electrons. The molecule has 0 aliphatic heterocycles. The fourth-order valence-corrected chi connectivity index (χ4v) is 2.46. The van der Waals surface area contributed by atoms with E-state index in [4.69, 9.17) is 25.8 Å². The quantitative estimate of drug-likeness (QED) is 0.828. The van der Waals surface area contributed by atoms with Crippen molar-refractivity contribution < 1.29 is 19.0 Å². The molecule has 1 amide bonds. The number of carbonyl (C=O) groups excluding carboxylic acids is 1. The Morgan fingerprint density at radius 3 is 2.42 bits per heavy atom. The highest BCUT2D eigenvalue weighted by Crippen LogP contribution is 2.33. The zero-order valence-electron chi connectivity index (χ0n) is 13.9. The monoisotopic (exact) mass is 349 g/mol. The molecule has 0 spiro atoms. The first kappa shape index (κ1) is 17.9. The first-order valence-corrected chi connectivity index (χ1v) is 7.88. The predicted molar refractivity (Wildman–Crippen MR) is 93.3 cm³/mol. The van der Waals surface area contributed by atoms with Gasteiger partial charge in [-0.05, 0) is 30.7 Å². The van der Waals surface area contributed by atoms with Gasteiger partial charge in [0.25, 0.3) is 5.91 Å². The normalized spacial score (nSPS) is 10.2. The molecule has 0 atom stereocenters. The first-order chi connectivity index (χ1) is 11.6. The number of ether oxygens (including phenoxy) is 3. The smallest absolute Gasteiger partial charge is 0.255 e. The van der Waals surface area contributed by atoms with Crippen LogP contribution in [0.3, 0.4) is 0 Å². The fraction of sp³-hybridized carbons (Fsp3) is 0.278. The molecule has 0 heterocycles. The van der Waals surface area contributed by atoms with Crippen molar-refractivity contribution >= 4 is 17.5 Å². The van der Waals surface area contributed by atoms with E-state index in [0.717, 1.165) is 5.56 Å². The molecule has 0 unspecified atom stereocenters. The van der Waals surface area contributed by atoms with E-state index in [1.165, 1.54) is 0 Å². The van der Waals surface area contributed by atoms with Crippen molar-refractivity contribution in [2.45, 2.75) is 13.5 Å². The van der Waals surface area contributed by atoms with Crippen molar-refractivity contribution in [3.63, 3.8) is 0 Å². The molecule has 5 nitrogen and oxygen atoms in total. The molecule has 0 fully saturated rings. The Hall–Kier alpha value is -2.40. The predicted octanol–water partition coefficient (Wildman–Crippen LogP) is 3.69. The van der Waals surface area contributed by atoms with Gasteiger partial charge in [0.05, 0.1) is 26.4 Å². The first-order valence-electron chi connectivity index (χ1n) is 7.51. The number of amides is 1. The van der Waals surface area contributed by atoms with Crippen LogP contribution < -0.4 is 19.5 Å². The second-order valence-corrected chi connectivity index (χ2v) is 5.32. The molecule has 6 heteroatoms. The van der Waals surface area contributed by atoms with Crippen LogP contribution in [0.25, 0.3) is 0 Å². The van der Waals surface area contributed by atoms with Crippen LogP contribution in [0.1, 0.15) is 22.8 Å². The lowest BCUT2D eigenvalue weighted by molar-refractivity contribution is 0.0947. The van der Waals surface area contributed by atoms with Gasteiger partial charge in [-0.25, -0.2) is 0 Å². The largest absolute Gasteiger partial charge is 0.493 e. The minimum absolute atomic E-state index is 0.232. The number of hydrogen-bond acceptors (Lipinski definition) is 4. The van der Waals surface area contributed by atoms with Crippen molar-refractivity contribution in [1.82, 2.24) is 5.32 Å². The van der Waals surface area contributed by atoms with Gasteiger partial charge in [-0.2, -0.15) is 0 Å². The summed E-state index contributed by atoms with van der Waals surface area (Å²) in [5.74, 6) is 1.42. The lowest BCUT2D eigenvalue weighted by Gasteiger charge is -2.13. The highest BCUT2D eigenvalue weighted by atomic mass is 35.5. The van der Waals surface area contributed by atoms with Gasteiger partial charge in [-0.1, -0.05) is 23.7 Å². The van der Waals surface area contributed by atoms with Crippen molar-refractivity contribution in [2.24, 2.45) is 0 Å². The molecule has 0 radical (unpaired) electrons. The fourth-order valence-electron chi connectivity index (χ4n) is 2.24. The van der Waals surface area contributed by atoms with E-state index in [9.17, 15) is 4.79 Å². The highest BCUT2D eigenvalue weighted by Gasteiger charge is 2.14. The summed E-state index contributed by atoms with van der Waals surface area (Å²) in [6, 6.07) is 10.5. The second kappa shape index (κ2) is 8.45. The van der Waals surface area contributed by atoms with E-state index in [2.05, 4.69) is 5.32 Å². The Morgan fingerprint density at radius 1 is 1.08 bits per heavy atom. The van der Waals surface area contributed by atoms with E-state index in [1.807, 2.05) is 13.0 Å². The minimum atomic E-state index is -0.232. The van der Waals surface area contributed by atoms with E-state index in [0.29, 0.717) is 34.4 Å². The van der Waals surface area contributed by atoms with Gasteiger partial charge < -0.3 is 19.5 Å². The molecular weight excluding hydrogens is 330 g/mol. The van der Waals surface area contributed by atoms with E-state index in [1.54, 1.807) is 44.6 Å². The van der Waals surface area contributed by atoms with Gasteiger partial charge in [0.1, 0.15) is 5.75 Å². The van der Waals surface area contributed by atoms with Gasteiger partial charge in [-0.15, -0.1) is 0 Å². The lowest BCUT2D eigenvalue weighted by atomic mass is 10.1. The number of methoxy groups -OCH3 is 2. The summed E-state index contributed by atoms with van der Waals surface area (Å²) in [6.07, 6.45) is 0. The highest BCUT2D eigenvalue weighted by molar-refractivity contribution is 6.31. The van der Waals surface area contributed by atoms with Crippen LogP contribution in [-0.2, 0) is 6.54 Å². The summed E-state index contributed by atoms with van der Waals surface area (Å²) >= 11 is 6.24. The van der Waals surface area contributed by atoms with Crippen molar-refractivity contribution in [3.05, 3.63) is 52.5 Å². The maximum absolute atomic E-state index is 12.4. The Morgan fingerprint density at radius 2 is 1.75 bits per heavy atom. The van der Waals surface area contributed by atoms with Crippen LogP contribution in [0.2, 0.25) is 5.02 Å². The molecule has 0 bridgehead atoms. The van der Waals surface area contributed by atoms with E-state index >= 15 is 0 Å². The Labute approximate surface area is 146 Å². The molecule has 2 aromatic rings. The van der Waals surface area contributed by atoms with Crippen molar-refractivity contribution in [1.29, 1.82) is 0 Å². The van der Waals surface area contributed by atoms with Gasteiger partial charge in [0.15, 0.2) is 11.5 Å². The molecule has 0 aliphatic rings. The Bertz CT molecular complexity index is 718. The van der Waals surface area contributed by atoms with Crippen LogP contribution in [0.5, 0.6) is 17.2 Å². The molecule has 0 saturated carbocycles.